The van der Waals surface area contributed by atoms with Gasteiger partial charge in [0.2, 0.25) is 5.91 Å². The Labute approximate surface area is 178 Å². The molecule has 0 aromatic heterocycles. The Kier molecular flexibility index (Phi) is 21.5. The lowest BCUT2D eigenvalue weighted by Crippen LogP contribution is -2.38. The summed E-state index contributed by atoms with van der Waals surface area (Å²) in [7, 11) is 2.67. The minimum atomic E-state index is -0.366. The fourth-order valence-electron chi connectivity index (χ4n) is 3.77. The number of unbranched alkanes of at least 4 members (excludes halogenated alkanes) is 13. The molecule has 0 saturated heterocycles. The highest BCUT2D eigenvalue weighted by molar-refractivity contribution is 7.16. The zero-order valence-electron chi connectivity index (χ0n) is 19.1. The number of aliphatic hydroxyl groups excluding tert-OH is 1. The van der Waals surface area contributed by atoms with E-state index in [0.717, 1.165) is 32.0 Å². The highest BCUT2D eigenvalue weighted by Crippen LogP contribution is 2.14. The number of hydrogen-bond donors (Lipinski definition) is 1. The quantitative estimate of drug-likeness (QED) is 0.167. The summed E-state index contributed by atoms with van der Waals surface area (Å²) in [6.45, 7) is 5.55. The molecule has 1 N–H and O–H groups in total. The lowest BCUT2D eigenvalue weighted by Gasteiger charge is -2.25. The van der Waals surface area contributed by atoms with Crippen LogP contribution in [0.5, 0.6) is 0 Å². The molecule has 0 bridgehead atoms. The molecule has 3 nitrogen and oxygen atoms in total. The smallest absolute Gasteiger partial charge is 0.222 e. The van der Waals surface area contributed by atoms with E-state index in [2.05, 4.69) is 16.2 Å². The highest BCUT2D eigenvalue weighted by atomic mass is 31.0. The Morgan fingerprint density at radius 2 is 1.25 bits per heavy atom. The third-order valence-corrected chi connectivity index (χ3v) is 5.80. The molecule has 28 heavy (non-hydrogen) atoms. The predicted molar refractivity (Wildman–Crippen MR) is 127 cm³/mol. The van der Waals surface area contributed by atoms with Gasteiger partial charge in [-0.05, 0) is 19.0 Å². The molecular weight excluding hydrogens is 365 g/mol. The molecule has 4 heteroatoms. The van der Waals surface area contributed by atoms with Crippen molar-refractivity contribution in [3.05, 3.63) is 0 Å². The molecule has 0 saturated carbocycles. The first kappa shape index (κ1) is 27.9. The van der Waals surface area contributed by atoms with Gasteiger partial charge >= 0.3 is 0 Å². The molecule has 0 radical (unpaired) electrons. The van der Waals surface area contributed by atoms with Gasteiger partial charge in [0.25, 0.3) is 0 Å². The van der Waals surface area contributed by atoms with Crippen LogP contribution in [-0.2, 0) is 4.79 Å². The van der Waals surface area contributed by atoms with Gasteiger partial charge in [-0.3, -0.25) is 4.79 Å². The number of aliphatic hydroxyl groups is 1. The third kappa shape index (κ3) is 17.9. The predicted octanol–water partition coefficient (Wildman–Crippen LogP) is 6.72. The normalized spacial score (nSPS) is 12.3. The van der Waals surface area contributed by atoms with Gasteiger partial charge in [-0.2, -0.15) is 0 Å². The van der Waals surface area contributed by atoms with E-state index in [1.807, 2.05) is 11.8 Å². The minimum absolute atomic E-state index is 0.185. The lowest BCUT2D eigenvalue weighted by molar-refractivity contribution is -0.132. The largest absolute Gasteiger partial charge is 0.391 e. The van der Waals surface area contributed by atoms with Crippen molar-refractivity contribution in [2.24, 2.45) is 0 Å². The maximum atomic E-state index is 12.1. The number of carbonyl (C=O) groups excluding carboxylic acids is 1. The average Bonchev–Trinajstić information content (AvgIpc) is 2.68. The van der Waals surface area contributed by atoms with Crippen LogP contribution in [0.1, 0.15) is 123 Å². The van der Waals surface area contributed by atoms with Gasteiger partial charge in [-0.15, -0.1) is 9.24 Å². The van der Waals surface area contributed by atoms with Crippen LogP contribution < -0.4 is 0 Å². The van der Waals surface area contributed by atoms with Gasteiger partial charge in [0.05, 0.1) is 6.10 Å². The first-order chi connectivity index (χ1) is 13.7. The first-order valence-electron chi connectivity index (χ1n) is 12.3. The molecular formula is C24H50NO2P. The van der Waals surface area contributed by atoms with Crippen molar-refractivity contribution in [3.63, 3.8) is 0 Å². The molecule has 168 valence electrons. The lowest BCUT2D eigenvalue weighted by atomic mass is 10.0. The number of nitrogens with zero attached hydrogens (tertiary/aromatic N) is 1. The molecule has 2 atom stereocenters. The molecule has 0 aromatic carbocycles. The third-order valence-electron chi connectivity index (χ3n) is 5.54. The Morgan fingerprint density at radius 3 is 1.68 bits per heavy atom. The second-order valence-electron chi connectivity index (χ2n) is 8.42. The van der Waals surface area contributed by atoms with Crippen LogP contribution >= 0.6 is 9.24 Å². The van der Waals surface area contributed by atoms with E-state index in [-0.39, 0.29) is 12.0 Å². The van der Waals surface area contributed by atoms with Crippen molar-refractivity contribution in [2.45, 2.75) is 129 Å². The van der Waals surface area contributed by atoms with Crippen LogP contribution in [-0.4, -0.2) is 41.3 Å². The molecule has 0 aliphatic heterocycles. The highest BCUT2D eigenvalue weighted by Gasteiger charge is 2.15. The Bertz CT molecular complexity index is 339. The van der Waals surface area contributed by atoms with Gasteiger partial charge in [0, 0.05) is 19.5 Å². The summed E-state index contributed by atoms with van der Waals surface area (Å²) < 4.78 is 0. The van der Waals surface area contributed by atoms with Crippen molar-refractivity contribution in [2.75, 3.05) is 19.3 Å². The fraction of sp³-hybridized carbons (Fsp3) is 0.958. The van der Waals surface area contributed by atoms with E-state index < -0.39 is 0 Å². The molecule has 1 amide bonds. The van der Waals surface area contributed by atoms with Crippen molar-refractivity contribution in [3.8, 4) is 0 Å². The van der Waals surface area contributed by atoms with Crippen LogP contribution in [0.4, 0.5) is 0 Å². The van der Waals surface area contributed by atoms with Gasteiger partial charge in [-0.1, -0.05) is 104 Å². The van der Waals surface area contributed by atoms with Gasteiger partial charge in [0.1, 0.15) is 0 Å². The summed E-state index contributed by atoms with van der Waals surface area (Å²) >= 11 is 0. The molecule has 2 unspecified atom stereocenters. The summed E-state index contributed by atoms with van der Waals surface area (Å²) in [5.74, 6) is 0.185. The second kappa shape index (κ2) is 21.6. The zero-order valence-corrected chi connectivity index (χ0v) is 20.3. The van der Waals surface area contributed by atoms with E-state index in [1.165, 1.54) is 83.5 Å². The zero-order chi connectivity index (χ0) is 20.9. The maximum absolute atomic E-state index is 12.1. The summed E-state index contributed by atoms with van der Waals surface area (Å²) in [5.41, 5.74) is 0. The van der Waals surface area contributed by atoms with E-state index in [9.17, 15) is 9.90 Å². The van der Waals surface area contributed by atoms with Crippen LogP contribution in [0.15, 0.2) is 0 Å². The SMILES string of the molecule is CCCCCCCCCCCCCCCCC(O)CN(CCP)C(=O)CCC. The fourth-order valence-corrected chi connectivity index (χ4v) is 4.08. The van der Waals surface area contributed by atoms with Crippen molar-refractivity contribution < 1.29 is 9.90 Å². The summed E-state index contributed by atoms with van der Waals surface area (Å²) in [4.78, 5) is 13.9. The van der Waals surface area contributed by atoms with Gasteiger partial charge in [-0.25, -0.2) is 0 Å². The van der Waals surface area contributed by atoms with Crippen LogP contribution in [0.25, 0.3) is 0 Å². The average molecular weight is 416 g/mol. The molecule has 0 aliphatic carbocycles. The molecule has 0 rings (SSSR count). The van der Waals surface area contributed by atoms with Gasteiger partial charge in [0.15, 0.2) is 0 Å². The summed E-state index contributed by atoms with van der Waals surface area (Å²) in [6.07, 6.45) is 21.8. The number of hydrogen-bond acceptors (Lipinski definition) is 2. The Hall–Kier alpha value is -0.140. The van der Waals surface area contributed by atoms with E-state index in [0.29, 0.717) is 13.0 Å². The van der Waals surface area contributed by atoms with Gasteiger partial charge < -0.3 is 10.0 Å². The van der Waals surface area contributed by atoms with E-state index >= 15 is 0 Å². The van der Waals surface area contributed by atoms with E-state index in [4.69, 9.17) is 0 Å². The first-order valence-corrected chi connectivity index (χ1v) is 13.1. The minimum Gasteiger partial charge on any atom is -0.391 e. The number of rotatable bonds is 21. The Balaban J connectivity index is 3.48. The topological polar surface area (TPSA) is 40.5 Å². The van der Waals surface area contributed by atoms with Crippen LogP contribution in [0.3, 0.4) is 0 Å². The Morgan fingerprint density at radius 1 is 0.786 bits per heavy atom. The van der Waals surface area contributed by atoms with Crippen LogP contribution in [0.2, 0.25) is 0 Å². The van der Waals surface area contributed by atoms with E-state index in [1.54, 1.807) is 0 Å². The van der Waals surface area contributed by atoms with Crippen molar-refractivity contribution in [1.29, 1.82) is 0 Å². The molecule has 0 fully saturated rings. The maximum Gasteiger partial charge on any atom is 0.222 e. The second-order valence-corrected chi connectivity index (χ2v) is 8.99. The number of amides is 1. The molecule has 0 spiro atoms. The monoisotopic (exact) mass is 415 g/mol. The number of carbonyl (C=O) groups is 1. The summed E-state index contributed by atoms with van der Waals surface area (Å²) in [5, 5.41) is 10.3. The van der Waals surface area contributed by atoms with Crippen LogP contribution in [0, 0.1) is 0 Å². The standard InChI is InChI=1S/C24H50NO2P/c1-3-5-6-7-8-9-10-11-12-13-14-15-16-17-19-23(26)22-25(20-21-28)24(27)18-4-2/h23,26H,3-22,28H2,1-2H3. The van der Waals surface area contributed by atoms with Crippen molar-refractivity contribution >= 4 is 15.1 Å². The van der Waals surface area contributed by atoms with Crippen molar-refractivity contribution in [1.82, 2.24) is 4.90 Å². The molecule has 0 heterocycles. The molecule has 0 aromatic rings. The molecule has 0 aliphatic rings. The summed E-state index contributed by atoms with van der Waals surface area (Å²) in [6, 6.07) is 0.